The van der Waals surface area contributed by atoms with Gasteiger partial charge in [-0.3, -0.25) is 0 Å². The Morgan fingerprint density at radius 3 is 2.53 bits per heavy atom. The second-order valence-corrected chi connectivity index (χ2v) is 3.80. The molecule has 0 aromatic heterocycles. The maximum atomic E-state index is 12.6. The number of aliphatic hydroxyl groups excluding tert-OH is 1. The van der Waals surface area contributed by atoms with E-state index in [-0.39, 0.29) is 24.8 Å². The molecule has 0 saturated carbocycles. The van der Waals surface area contributed by atoms with Crippen molar-refractivity contribution in [2.75, 3.05) is 11.9 Å². The first kappa shape index (κ1) is 13.8. The molecule has 96 valence electrons. The molecule has 17 heavy (non-hydrogen) atoms. The van der Waals surface area contributed by atoms with Crippen LogP contribution in [0.25, 0.3) is 0 Å². The monoisotopic (exact) mass is 248 g/mol. The van der Waals surface area contributed by atoms with E-state index in [2.05, 4.69) is 5.32 Å². The van der Waals surface area contributed by atoms with Crippen LogP contribution in [0.3, 0.4) is 0 Å². The fourth-order valence-corrected chi connectivity index (χ4v) is 1.46. The first-order chi connectivity index (χ1) is 7.88. The average Bonchev–Trinajstić information content (AvgIpc) is 2.27. The lowest BCUT2D eigenvalue weighted by Crippen LogP contribution is -2.20. The Hall–Kier alpha value is -1.27. The fraction of sp³-hybridized carbons (Fsp3) is 0.455. The van der Waals surface area contributed by atoms with Gasteiger partial charge in [0.2, 0.25) is 0 Å². The van der Waals surface area contributed by atoms with Gasteiger partial charge in [0, 0.05) is 18.3 Å². The molecule has 0 spiro atoms. The lowest BCUT2D eigenvalue weighted by molar-refractivity contribution is -0.138. The van der Waals surface area contributed by atoms with Gasteiger partial charge in [-0.1, -0.05) is 0 Å². The number of hydrogen-bond donors (Lipinski definition) is 3. The molecule has 6 heteroatoms. The first-order valence-electron chi connectivity index (χ1n) is 5.16. The number of halogens is 3. The van der Waals surface area contributed by atoms with Gasteiger partial charge < -0.3 is 16.2 Å². The molecule has 0 fully saturated rings. The smallest absolute Gasteiger partial charge is 0.394 e. The number of nitrogens with two attached hydrogens (primary N) is 1. The Labute approximate surface area is 97.4 Å². The molecule has 0 bridgehead atoms. The number of rotatable bonds is 4. The SMILES string of the molecule is CC(CO)Nc1ccc(C(F)(F)F)c(CN)c1. The predicted molar refractivity (Wildman–Crippen MR) is 59.5 cm³/mol. The minimum atomic E-state index is -4.39. The highest BCUT2D eigenvalue weighted by Gasteiger charge is 2.32. The van der Waals surface area contributed by atoms with Crippen molar-refractivity contribution in [3.63, 3.8) is 0 Å². The maximum absolute atomic E-state index is 12.6. The van der Waals surface area contributed by atoms with Crippen LogP contribution in [0.1, 0.15) is 18.1 Å². The van der Waals surface area contributed by atoms with E-state index in [1.54, 1.807) is 6.92 Å². The third-order valence-corrected chi connectivity index (χ3v) is 2.32. The number of alkyl halides is 3. The summed E-state index contributed by atoms with van der Waals surface area (Å²) in [5.41, 5.74) is 5.13. The summed E-state index contributed by atoms with van der Waals surface area (Å²) >= 11 is 0. The van der Waals surface area contributed by atoms with Crippen LogP contribution in [0.4, 0.5) is 18.9 Å². The predicted octanol–water partition coefficient (Wildman–Crippen LogP) is 1.96. The van der Waals surface area contributed by atoms with Gasteiger partial charge in [0.15, 0.2) is 0 Å². The maximum Gasteiger partial charge on any atom is 0.416 e. The normalized spacial score (nSPS) is 13.5. The summed E-state index contributed by atoms with van der Waals surface area (Å²) in [5, 5.41) is 11.7. The van der Waals surface area contributed by atoms with Crippen LogP contribution in [0, 0.1) is 0 Å². The molecule has 4 N–H and O–H groups in total. The molecular weight excluding hydrogens is 233 g/mol. The molecule has 0 aliphatic rings. The van der Waals surface area contributed by atoms with Crippen LogP contribution < -0.4 is 11.1 Å². The van der Waals surface area contributed by atoms with Crippen LogP contribution >= 0.6 is 0 Å². The van der Waals surface area contributed by atoms with E-state index in [0.29, 0.717) is 5.69 Å². The summed E-state index contributed by atoms with van der Waals surface area (Å²) in [4.78, 5) is 0. The van der Waals surface area contributed by atoms with Gasteiger partial charge >= 0.3 is 6.18 Å². The molecule has 3 nitrogen and oxygen atoms in total. The van der Waals surface area contributed by atoms with Gasteiger partial charge in [-0.2, -0.15) is 13.2 Å². The van der Waals surface area contributed by atoms with Crippen LogP contribution in [0.15, 0.2) is 18.2 Å². The highest BCUT2D eigenvalue weighted by atomic mass is 19.4. The molecule has 0 saturated heterocycles. The molecule has 0 amide bonds. The van der Waals surface area contributed by atoms with Crippen molar-refractivity contribution in [1.82, 2.24) is 0 Å². The molecular formula is C11H15F3N2O. The van der Waals surface area contributed by atoms with Gasteiger partial charge in [-0.15, -0.1) is 0 Å². The molecule has 1 aromatic carbocycles. The van der Waals surface area contributed by atoms with Gasteiger partial charge in [-0.25, -0.2) is 0 Å². The summed E-state index contributed by atoms with van der Waals surface area (Å²) in [6, 6.07) is 3.45. The standard InChI is InChI=1S/C11H15F3N2O/c1-7(6-17)16-9-2-3-10(11(12,13)14)8(4-9)5-15/h2-4,7,16-17H,5-6,15H2,1H3. The zero-order valence-electron chi connectivity index (χ0n) is 9.38. The molecule has 0 heterocycles. The number of nitrogens with one attached hydrogen (secondary N) is 1. The van der Waals surface area contributed by atoms with Crippen molar-refractivity contribution in [1.29, 1.82) is 0 Å². The van der Waals surface area contributed by atoms with E-state index in [4.69, 9.17) is 10.8 Å². The Bertz CT molecular complexity index is 379. The van der Waals surface area contributed by atoms with E-state index in [9.17, 15) is 13.2 Å². The van der Waals surface area contributed by atoms with Crippen molar-refractivity contribution in [2.45, 2.75) is 25.7 Å². The number of benzene rings is 1. The number of aliphatic hydroxyl groups is 1. The number of hydrogen-bond acceptors (Lipinski definition) is 3. The summed E-state index contributed by atoms with van der Waals surface area (Å²) in [6.07, 6.45) is -4.39. The Kier molecular flexibility index (Phi) is 4.36. The van der Waals surface area contributed by atoms with Gasteiger partial charge in [0.05, 0.1) is 12.2 Å². The topological polar surface area (TPSA) is 58.3 Å². The van der Waals surface area contributed by atoms with E-state index < -0.39 is 11.7 Å². The molecule has 0 aliphatic heterocycles. The van der Waals surface area contributed by atoms with E-state index in [1.165, 1.54) is 12.1 Å². The lowest BCUT2D eigenvalue weighted by Gasteiger charge is -2.16. The van der Waals surface area contributed by atoms with Crippen LogP contribution in [-0.4, -0.2) is 17.8 Å². The van der Waals surface area contributed by atoms with Crippen molar-refractivity contribution < 1.29 is 18.3 Å². The first-order valence-corrected chi connectivity index (χ1v) is 5.16. The Morgan fingerprint density at radius 2 is 2.06 bits per heavy atom. The minimum Gasteiger partial charge on any atom is -0.394 e. The van der Waals surface area contributed by atoms with Crippen LogP contribution in [0.5, 0.6) is 0 Å². The summed E-state index contributed by atoms with van der Waals surface area (Å²) in [6.45, 7) is 1.44. The van der Waals surface area contributed by atoms with Crippen LogP contribution in [-0.2, 0) is 12.7 Å². The minimum absolute atomic E-state index is 0.0349. The fourth-order valence-electron chi connectivity index (χ4n) is 1.46. The second kappa shape index (κ2) is 5.37. The molecule has 0 aliphatic carbocycles. The van der Waals surface area contributed by atoms with Crippen LogP contribution in [0.2, 0.25) is 0 Å². The third-order valence-electron chi connectivity index (χ3n) is 2.32. The Morgan fingerprint density at radius 1 is 1.41 bits per heavy atom. The third kappa shape index (κ3) is 3.61. The largest absolute Gasteiger partial charge is 0.416 e. The highest BCUT2D eigenvalue weighted by molar-refractivity contribution is 5.50. The zero-order valence-corrected chi connectivity index (χ0v) is 9.38. The van der Waals surface area contributed by atoms with E-state index in [1.807, 2.05) is 0 Å². The molecule has 1 atom stereocenters. The van der Waals surface area contributed by atoms with E-state index >= 15 is 0 Å². The zero-order chi connectivity index (χ0) is 13.1. The molecule has 0 radical (unpaired) electrons. The van der Waals surface area contributed by atoms with Gasteiger partial charge in [0.1, 0.15) is 0 Å². The van der Waals surface area contributed by atoms with Crippen molar-refractivity contribution in [3.05, 3.63) is 29.3 Å². The molecule has 1 unspecified atom stereocenters. The summed E-state index contributed by atoms with van der Waals surface area (Å²) in [5.74, 6) is 0. The quantitative estimate of drug-likeness (QED) is 0.763. The van der Waals surface area contributed by atoms with Crippen molar-refractivity contribution in [2.24, 2.45) is 5.73 Å². The Balaban J connectivity index is 3.01. The molecule has 1 rings (SSSR count). The summed E-state index contributed by atoms with van der Waals surface area (Å²) in [7, 11) is 0. The number of anilines is 1. The molecule has 1 aromatic rings. The highest BCUT2D eigenvalue weighted by Crippen LogP contribution is 2.33. The lowest BCUT2D eigenvalue weighted by atomic mass is 10.1. The van der Waals surface area contributed by atoms with E-state index in [0.717, 1.165) is 6.07 Å². The summed E-state index contributed by atoms with van der Waals surface area (Å²) < 4.78 is 37.7. The second-order valence-electron chi connectivity index (χ2n) is 3.80. The van der Waals surface area contributed by atoms with Crippen molar-refractivity contribution >= 4 is 5.69 Å². The average molecular weight is 248 g/mol. The van der Waals surface area contributed by atoms with Gasteiger partial charge in [0.25, 0.3) is 0 Å². The van der Waals surface area contributed by atoms with Gasteiger partial charge in [-0.05, 0) is 30.7 Å². The van der Waals surface area contributed by atoms with Crippen molar-refractivity contribution in [3.8, 4) is 0 Å².